The van der Waals surface area contributed by atoms with E-state index in [1.807, 2.05) is 37.4 Å². The molecule has 1 N–H and O–H groups in total. The van der Waals surface area contributed by atoms with Gasteiger partial charge in [0.05, 0.1) is 5.69 Å². The van der Waals surface area contributed by atoms with Crippen LogP contribution in [-0.4, -0.2) is 36.0 Å². The molecular formula is C21H28N4O. The second-order valence-corrected chi connectivity index (χ2v) is 6.82. The van der Waals surface area contributed by atoms with Gasteiger partial charge in [0.2, 0.25) is 0 Å². The number of rotatable bonds is 5. The van der Waals surface area contributed by atoms with Crippen molar-refractivity contribution in [3.63, 3.8) is 0 Å². The molecule has 1 aliphatic heterocycles. The monoisotopic (exact) mass is 352 g/mol. The topological polar surface area (TPSA) is 49.8 Å². The van der Waals surface area contributed by atoms with Crippen LogP contribution in [0.25, 0.3) is 0 Å². The van der Waals surface area contributed by atoms with E-state index in [1.54, 1.807) is 6.20 Å². The fourth-order valence-corrected chi connectivity index (χ4v) is 3.08. The summed E-state index contributed by atoms with van der Waals surface area (Å²) in [6.45, 7) is 5.74. The third kappa shape index (κ3) is 5.22. The first kappa shape index (κ1) is 18.2. The Balaban J connectivity index is 1.47. The molecule has 0 spiro atoms. The SMILES string of the molecule is CN=C(NCc1ccc(OCc2ccccn2)cc1)N1CCC(C)CC1. The Morgan fingerprint density at radius 1 is 1.19 bits per heavy atom. The molecule has 138 valence electrons. The zero-order chi connectivity index (χ0) is 18.2. The molecule has 0 amide bonds. The van der Waals surface area contributed by atoms with Crippen LogP contribution in [0.2, 0.25) is 0 Å². The summed E-state index contributed by atoms with van der Waals surface area (Å²) in [5, 5.41) is 3.47. The Bertz CT molecular complexity index is 692. The molecule has 0 bridgehead atoms. The Hall–Kier alpha value is -2.56. The third-order valence-corrected chi connectivity index (χ3v) is 4.78. The van der Waals surface area contributed by atoms with Gasteiger partial charge in [0.15, 0.2) is 5.96 Å². The number of hydrogen-bond acceptors (Lipinski definition) is 3. The first-order chi connectivity index (χ1) is 12.7. The maximum Gasteiger partial charge on any atom is 0.193 e. The molecule has 3 rings (SSSR count). The average Bonchev–Trinajstić information content (AvgIpc) is 2.70. The minimum Gasteiger partial charge on any atom is -0.487 e. The second-order valence-electron chi connectivity index (χ2n) is 6.82. The van der Waals surface area contributed by atoms with Crippen LogP contribution in [-0.2, 0) is 13.2 Å². The quantitative estimate of drug-likeness (QED) is 0.661. The highest BCUT2D eigenvalue weighted by Gasteiger charge is 2.18. The second kappa shape index (κ2) is 9.22. The summed E-state index contributed by atoms with van der Waals surface area (Å²) in [5.41, 5.74) is 2.14. The van der Waals surface area contributed by atoms with Gasteiger partial charge in [0, 0.05) is 32.9 Å². The molecule has 5 nitrogen and oxygen atoms in total. The lowest BCUT2D eigenvalue weighted by Crippen LogP contribution is -2.45. The molecule has 1 aromatic heterocycles. The van der Waals surface area contributed by atoms with Crippen LogP contribution in [0, 0.1) is 5.92 Å². The van der Waals surface area contributed by atoms with Gasteiger partial charge in [0.1, 0.15) is 12.4 Å². The molecule has 1 aromatic carbocycles. The van der Waals surface area contributed by atoms with Crippen LogP contribution in [0.3, 0.4) is 0 Å². The van der Waals surface area contributed by atoms with Gasteiger partial charge in [-0.1, -0.05) is 25.1 Å². The predicted molar refractivity (Wildman–Crippen MR) is 105 cm³/mol. The maximum absolute atomic E-state index is 5.78. The van der Waals surface area contributed by atoms with Crippen LogP contribution >= 0.6 is 0 Å². The molecule has 1 fully saturated rings. The molecule has 5 heteroatoms. The summed E-state index contributed by atoms with van der Waals surface area (Å²) < 4.78 is 5.78. The fourth-order valence-electron chi connectivity index (χ4n) is 3.08. The number of aliphatic imine (C=N–C) groups is 1. The molecule has 0 unspecified atom stereocenters. The Morgan fingerprint density at radius 3 is 2.62 bits per heavy atom. The normalized spacial score (nSPS) is 15.8. The van der Waals surface area contributed by atoms with E-state index < -0.39 is 0 Å². The highest BCUT2D eigenvalue weighted by molar-refractivity contribution is 5.79. The average molecular weight is 352 g/mol. The molecule has 1 aliphatic rings. The number of aromatic nitrogens is 1. The molecular weight excluding hydrogens is 324 g/mol. The molecule has 0 radical (unpaired) electrons. The smallest absolute Gasteiger partial charge is 0.193 e. The highest BCUT2D eigenvalue weighted by Crippen LogP contribution is 2.17. The number of hydrogen-bond donors (Lipinski definition) is 1. The molecule has 2 heterocycles. The van der Waals surface area contributed by atoms with Crippen molar-refractivity contribution in [2.45, 2.75) is 32.9 Å². The van der Waals surface area contributed by atoms with Crippen molar-refractivity contribution < 1.29 is 4.74 Å². The zero-order valence-electron chi connectivity index (χ0n) is 15.7. The van der Waals surface area contributed by atoms with Crippen LogP contribution < -0.4 is 10.1 Å². The largest absolute Gasteiger partial charge is 0.487 e. The first-order valence-electron chi connectivity index (χ1n) is 9.32. The van der Waals surface area contributed by atoms with Crippen LogP contribution in [0.1, 0.15) is 31.0 Å². The molecule has 1 saturated heterocycles. The number of likely N-dealkylation sites (tertiary alicyclic amines) is 1. The van der Waals surface area contributed by atoms with Gasteiger partial charge in [-0.15, -0.1) is 0 Å². The summed E-state index contributed by atoms with van der Waals surface area (Å²) in [6.07, 6.45) is 4.26. The van der Waals surface area contributed by atoms with Crippen LogP contribution in [0.15, 0.2) is 53.7 Å². The minimum atomic E-state index is 0.485. The van der Waals surface area contributed by atoms with E-state index in [0.29, 0.717) is 6.61 Å². The molecule has 0 atom stereocenters. The molecule has 0 saturated carbocycles. The zero-order valence-corrected chi connectivity index (χ0v) is 15.7. The van der Waals surface area contributed by atoms with Crippen molar-refractivity contribution in [3.8, 4) is 5.75 Å². The van der Waals surface area contributed by atoms with Crippen molar-refractivity contribution in [3.05, 3.63) is 59.9 Å². The van der Waals surface area contributed by atoms with Gasteiger partial charge in [-0.25, -0.2) is 0 Å². The van der Waals surface area contributed by atoms with E-state index in [1.165, 1.54) is 18.4 Å². The van der Waals surface area contributed by atoms with Gasteiger partial charge in [-0.3, -0.25) is 9.98 Å². The Kier molecular flexibility index (Phi) is 6.47. The van der Waals surface area contributed by atoms with E-state index in [9.17, 15) is 0 Å². The van der Waals surface area contributed by atoms with Gasteiger partial charge in [0.25, 0.3) is 0 Å². The van der Waals surface area contributed by atoms with Gasteiger partial charge in [-0.2, -0.15) is 0 Å². The van der Waals surface area contributed by atoms with E-state index in [-0.39, 0.29) is 0 Å². The van der Waals surface area contributed by atoms with Crippen molar-refractivity contribution >= 4 is 5.96 Å². The van der Waals surface area contributed by atoms with E-state index in [2.05, 4.69) is 39.2 Å². The number of guanidine groups is 1. The molecule has 26 heavy (non-hydrogen) atoms. The summed E-state index contributed by atoms with van der Waals surface area (Å²) in [7, 11) is 1.86. The van der Waals surface area contributed by atoms with Gasteiger partial charge < -0.3 is 15.0 Å². The van der Waals surface area contributed by atoms with Crippen molar-refractivity contribution in [2.24, 2.45) is 10.9 Å². The minimum absolute atomic E-state index is 0.485. The highest BCUT2D eigenvalue weighted by atomic mass is 16.5. The molecule has 0 aliphatic carbocycles. The summed E-state index contributed by atoms with van der Waals surface area (Å²) in [4.78, 5) is 11.0. The lowest BCUT2D eigenvalue weighted by atomic mass is 10.00. The molecule has 2 aromatic rings. The van der Waals surface area contributed by atoms with E-state index in [4.69, 9.17) is 4.74 Å². The van der Waals surface area contributed by atoms with Gasteiger partial charge >= 0.3 is 0 Å². The lowest BCUT2D eigenvalue weighted by molar-refractivity contribution is 0.273. The number of piperidine rings is 1. The first-order valence-corrected chi connectivity index (χ1v) is 9.32. The summed E-state index contributed by atoms with van der Waals surface area (Å²) in [6, 6.07) is 14.0. The maximum atomic E-state index is 5.78. The van der Waals surface area contributed by atoms with Crippen molar-refractivity contribution in [2.75, 3.05) is 20.1 Å². The predicted octanol–water partition coefficient (Wildman–Crippen LogP) is 3.47. The number of nitrogens with zero attached hydrogens (tertiary/aromatic N) is 3. The lowest BCUT2D eigenvalue weighted by Gasteiger charge is -2.32. The van der Waals surface area contributed by atoms with Crippen LogP contribution in [0.5, 0.6) is 5.75 Å². The summed E-state index contributed by atoms with van der Waals surface area (Å²) >= 11 is 0. The van der Waals surface area contributed by atoms with Crippen LogP contribution in [0.4, 0.5) is 0 Å². The summed E-state index contributed by atoms with van der Waals surface area (Å²) in [5.74, 6) is 2.67. The fraction of sp³-hybridized carbons (Fsp3) is 0.429. The van der Waals surface area contributed by atoms with E-state index >= 15 is 0 Å². The van der Waals surface area contributed by atoms with Gasteiger partial charge in [-0.05, 0) is 48.6 Å². The number of pyridine rings is 1. The van der Waals surface area contributed by atoms with Crippen molar-refractivity contribution in [1.82, 2.24) is 15.2 Å². The Morgan fingerprint density at radius 2 is 1.96 bits per heavy atom. The van der Waals surface area contributed by atoms with E-state index in [0.717, 1.165) is 43.0 Å². The number of benzene rings is 1. The van der Waals surface area contributed by atoms with Crippen molar-refractivity contribution in [1.29, 1.82) is 0 Å². The Labute approximate surface area is 156 Å². The standard InChI is InChI=1S/C21H28N4O/c1-17-10-13-25(14-11-17)21(22-2)24-15-18-6-8-20(9-7-18)26-16-19-5-3-4-12-23-19/h3-9,12,17H,10-11,13-16H2,1-2H3,(H,22,24). The number of ether oxygens (including phenoxy) is 1. The number of nitrogens with one attached hydrogen (secondary N) is 1. The third-order valence-electron chi connectivity index (χ3n) is 4.78.